The third kappa shape index (κ3) is 4.46. The van der Waals surface area contributed by atoms with Crippen LogP contribution in [0.3, 0.4) is 0 Å². The van der Waals surface area contributed by atoms with Crippen molar-refractivity contribution in [3.8, 4) is 22.8 Å². The average Bonchev–Trinajstić information content (AvgIpc) is 2.75. The SMILES string of the molecule is c1ccc(Oc2cnc(NSc3ccccc3)nc2-c2ccccc2)cc1. The Labute approximate surface area is 162 Å². The van der Waals surface area contributed by atoms with E-state index in [9.17, 15) is 0 Å². The molecular weight excluding hydrogens is 354 g/mol. The summed E-state index contributed by atoms with van der Waals surface area (Å²) < 4.78 is 9.22. The lowest BCUT2D eigenvalue weighted by atomic mass is 10.1. The topological polar surface area (TPSA) is 47.0 Å². The van der Waals surface area contributed by atoms with E-state index in [0.717, 1.165) is 21.9 Å². The van der Waals surface area contributed by atoms with E-state index in [0.29, 0.717) is 11.7 Å². The van der Waals surface area contributed by atoms with Crippen molar-refractivity contribution >= 4 is 17.9 Å². The summed E-state index contributed by atoms with van der Waals surface area (Å²) in [5.41, 5.74) is 1.71. The molecule has 0 bridgehead atoms. The zero-order valence-corrected chi connectivity index (χ0v) is 15.3. The number of hydrogen-bond donors (Lipinski definition) is 1. The number of anilines is 1. The number of nitrogens with zero attached hydrogens (tertiary/aromatic N) is 2. The van der Waals surface area contributed by atoms with E-state index in [1.54, 1.807) is 6.20 Å². The second kappa shape index (κ2) is 8.38. The van der Waals surface area contributed by atoms with Crippen LogP contribution in [0.4, 0.5) is 5.95 Å². The maximum absolute atomic E-state index is 6.02. The lowest BCUT2D eigenvalue weighted by Crippen LogP contribution is -1.99. The summed E-state index contributed by atoms with van der Waals surface area (Å²) in [5, 5.41) is 0. The van der Waals surface area contributed by atoms with Gasteiger partial charge in [-0.05, 0) is 36.2 Å². The molecular formula is C22H17N3OS. The highest BCUT2D eigenvalue weighted by Gasteiger charge is 2.12. The third-order valence-corrected chi connectivity index (χ3v) is 4.57. The van der Waals surface area contributed by atoms with Gasteiger partial charge in [-0.1, -0.05) is 66.7 Å². The Morgan fingerprint density at radius 3 is 2.07 bits per heavy atom. The molecule has 0 saturated heterocycles. The van der Waals surface area contributed by atoms with Gasteiger partial charge in [0.15, 0.2) is 5.75 Å². The van der Waals surface area contributed by atoms with Crippen molar-refractivity contribution in [2.24, 2.45) is 0 Å². The summed E-state index contributed by atoms with van der Waals surface area (Å²) in [5.74, 6) is 1.89. The molecule has 0 aliphatic rings. The van der Waals surface area contributed by atoms with Crippen molar-refractivity contribution in [3.63, 3.8) is 0 Å². The Bertz CT molecular complexity index is 996. The first-order valence-electron chi connectivity index (χ1n) is 8.52. The van der Waals surface area contributed by atoms with E-state index in [1.165, 1.54) is 11.9 Å². The van der Waals surface area contributed by atoms with E-state index in [-0.39, 0.29) is 0 Å². The molecule has 0 spiro atoms. The van der Waals surface area contributed by atoms with E-state index in [1.807, 2.05) is 91.0 Å². The molecule has 4 rings (SSSR count). The molecule has 1 heterocycles. The second-order valence-corrected chi connectivity index (χ2v) is 6.58. The Hall–Kier alpha value is -3.31. The predicted octanol–water partition coefficient (Wildman–Crippen LogP) is 6.06. The molecule has 0 unspecified atom stereocenters. The van der Waals surface area contributed by atoms with Crippen LogP contribution in [0.5, 0.6) is 11.5 Å². The van der Waals surface area contributed by atoms with Crippen LogP contribution in [0, 0.1) is 0 Å². The van der Waals surface area contributed by atoms with Crippen molar-refractivity contribution in [1.29, 1.82) is 0 Å². The number of ether oxygens (including phenoxy) is 1. The molecule has 0 aliphatic carbocycles. The highest BCUT2D eigenvalue weighted by molar-refractivity contribution is 8.00. The quantitative estimate of drug-likeness (QED) is 0.418. The van der Waals surface area contributed by atoms with Gasteiger partial charge in [0.05, 0.1) is 6.20 Å². The summed E-state index contributed by atoms with van der Waals surface area (Å²) in [6.07, 6.45) is 1.70. The van der Waals surface area contributed by atoms with E-state index in [2.05, 4.69) is 14.7 Å². The molecule has 1 N–H and O–H groups in total. The molecule has 3 aromatic carbocycles. The molecule has 0 amide bonds. The van der Waals surface area contributed by atoms with Crippen molar-refractivity contribution in [2.45, 2.75) is 4.90 Å². The number of aromatic nitrogens is 2. The van der Waals surface area contributed by atoms with Gasteiger partial charge < -0.3 is 4.74 Å². The fraction of sp³-hybridized carbons (Fsp3) is 0. The van der Waals surface area contributed by atoms with Crippen molar-refractivity contribution < 1.29 is 4.74 Å². The van der Waals surface area contributed by atoms with Crippen LogP contribution in [-0.2, 0) is 0 Å². The van der Waals surface area contributed by atoms with Crippen LogP contribution < -0.4 is 9.46 Å². The first kappa shape index (κ1) is 17.1. The smallest absolute Gasteiger partial charge is 0.233 e. The van der Waals surface area contributed by atoms with E-state index >= 15 is 0 Å². The van der Waals surface area contributed by atoms with Crippen LogP contribution in [-0.4, -0.2) is 9.97 Å². The van der Waals surface area contributed by atoms with Gasteiger partial charge in [0.1, 0.15) is 11.4 Å². The van der Waals surface area contributed by atoms with Crippen LogP contribution in [0.2, 0.25) is 0 Å². The van der Waals surface area contributed by atoms with Crippen LogP contribution in [0.15, 0.2) is 102 Å². The lowest BCUT2D eigenvalue weighted by Gasteiger charge is -2.12. The fourth-order valence-corrected chi connectivity index (χ4v) is 3.11. The summed E-state index contributed by atoms with van der Waals surface area (Å²) in [6, 6.07) is 29.6. The molecule has 132 valence electrons. The molecule has 4 nitrogen and oxygen atoms in total. The number of benzene rings is 3. The van der Waals surface area contributed by atoms with Gasteiger partial charge in [0.2, 0.25) is 5.95 Å². The fourth-order valence-electron chi connectivity index (χ4n) is 2.51. The summed E-state index contributed by atoms with van der Waals surface area (Å²) in [7, 11) is 0. The first-order chi connectivity index (χ1) is 13.4. The van der Waals surface area contributed by atoms with Crippen molar-refractivity contribution in [1.82, 2.24) is 9.97 Å². The van der Waals surface area contributed by atoms with Gasteiger partial charge in [-0.3, -0.25) is 4.72 Å². The van der Waals surface area contributed by atoms with Crippen LogP contribution in [0.25, 0.3) is 11.3 Å². The number of rotatable bonds is 6. The number of para-hydroxylation sites is 1. The molecule has 4 aromatic rings. The third-order valence-electron chi connectivity index (χ3n) is 3.78. The lowest BCUT2D eigenvalue weighted by molar-refractivity contribution is 0.480. The largest absolute Gasteiger partial charge is 0.453 e. The Morgan fingerprint density at radius 1 is 0.741 bits per heavy atom. The zero-order chi connectivity index (χ0) is 18.3. The highest BCUT2D eigenvalue weighted by Crippen LogP contribution is 2.32. The molecule has 0 atom stereocenters. The normalized spacial score (nSPS) is 10.4. The van der Waals surface area contributed by atoms with Gasteiger partial charge >= 0.3 is 0 Å². The molecule has 0 saturated carbocycles. The first-order valence-corrected chi connectivity index (χ1v) is 9.33. The van der Waals surface area contributed by atoms with Crippen LogP contribution >= 0.6 is 11.9 Å². The van der Waals surface area contributed by atoms with E-state index < -0.39 is 0 Å². The van der Waals surface area contributed by atoms with Gasteiger partial charge in [0, 0.05) is 10.5 Å². The minimum absolute atomic E-state index is 0.531. The number of nitrogens with one attached hydrogen (secondary N) is 1. The molecule has 1 aromatic heterocycles. The second-order valence-electron chi connectivity index (χ2n) is 5.70. The monoisotopic (exact) mass is 371 g/mol. The Balaban J connectivity index is 1.63. The molecule has 0 aliphatic heterocycles. The summed E-state index contributed by atoms with van der Waals surface area (Å²) >= 11 is 1.47. The Morgan fingerprint density at radius 2 is 1.37 bits per heavy atom. The molecule has 0 fully saturated rings. The van der Waals surface area contributed by atoms with Gasteiger partial charge in [0.25, 0.3) is 0 Å². The van der Waals surface area contributed by atoms with E-state index in [4.69, 9.17) is 4.74 Å². The van der Waals surface area contributed by atoms with Crippen LogP contribution in [0.1, 0.15) is 0 Å². The van der Waals surface area contributed by atoms with Gasteiger partial charge in [-0.15, -0.1) is 0 Å². The Kier molecular flexibility index (Phi) is 5.31. The minimum atomic E-state index is 0.531. The maximum Gasteiger partial charge on any atom is 0.233 e. The highest BCUT2D eigenvalue weighted by atomic mass is 32.2. The summed E-state index contributed by atoms with van der Waals surface area (Å²) in [4.78, 5) is 10.2. The van der Waals surface area contributed by atoms with Gasteiger partial charge in [-0.25, -0.2) is 9.97 Å². The maximum atomic E-state index is 6.02. The minimum Gasteiger partial charge on any atom is -0.453 e. The standard InChI is InChI=1S/C22H17N3OS/c1-4-10-17(11-5-1)21-20(26-18-12-6-2-7-13-18)16-23-22(24-21)25-27-19-14-8-3-9-15-19/h1-16H,(H,23,24,25). The molecule has 0 radical (unpaired) electrons. The average molecular weight is 371 g/mol. The predicted molar refractivity (Wildman–Crippen MR) is 110 cm³/mol. The number of hydrogen-bond acceptors (Lipinski definition) is 5. The van der Waals surface area contributed by atoms with Crippen molar-refractivity contribution in [3.05, 3.63) is 97.2 Å². The molecule has 27 heavy (non-hydrogen) atoms. The summed E-state index contributed by atoms with van der Waals surface area (Å²) in [6.45, 7) is 0. The van der Waals surface area contributed by atoms with Crippen molar-refractivity contribution in [2.75, 3.05) is 4.72 Å². The van der Waals surface area contributed by atoms with Gasteiger partial charge in [-0.2, -0.15) is 0 Å². The molecule has 5 heteroatoms. The zero-order valence-electron chi connectivity index (χ0n) is 14.4.